The molecule has 0 aromatic heterocycles. The zero-order chi connectivity index (χ0) is 15.3. The number of methoxy groups -OCH3 is 1. The SMILES string of the molecule is C=CCc1cccc(OC)c1OCCOCC[NH2+]CCO. The van der Waals surface area contributed by atoms with Crippen LogP contribution in [-0.4, -0.2) is 51.7 Å². The van der Waals surface area contributed by atoms with Crippen LogP contribution >= 0.6 is 0 Å². The van der Waals surface area contributed by atoms with Gasteiger partial charge in [-0.3, -0.25) is 0 Å². The van der Waals surface area contributed by atoms with Gasteiger partial charge in [-0.1, -0.05) is 18.2 Å². The van der Waals surface area contributed by atoms with Crippen molar-refractivity contribution in [1.29, 1.82) is 0 Å². The first kappa shape index (κ1) is 17.5. The summed E-state index contributed by atoms with van der Waals surface area (Å²) in [7, 11) is 1.63. The fourth-order valence-electron chi connectivity index (χ4n) is 1.91. The minimum Gasteiger partial charge on any atom is -0.493 e. The third-order valence-electron chi connectivity index (χ3n) is 2.92. The van der Waals surface area contributed by atoms with Gasteiger partial charge in [0.25, 0.3) is 0 Å². The van der Waals surface area contributed by atoms with Crippen LogP contribution in [0.2, 0.25) is 0 Å². The Morgan fingerprint density at radius 2 is 2.10 bits per heavy atom. The lowest BCUT2D eigenvalue weighted by Gasteiger charge is -2.14. The summed E-state index contributed by atoms with van der Waals surface area (Å²) >= 11 is 0. The summed E-state index contributed by atoms with van der Waals surface area (Å²) in [4.78, 5) is 0. The van der Waals surface area contributed by atoms with Crippen molar-refractivity contribution in [3.8, 4) is 11.5 Å². The molecule has 0 aliphatic rings. The van der Waals surface area contributed by atoms with E-state index in [1.165, 1.54) is 0 Å². The number of para-hydroxylation sites is 1. The van der Waals surface area contributed by atoms with Crippen LogP contribution in [0.25, 0.3) is 0 Å². The van der Waals surface area contributed by atoms with Crippen LogP contribution in [0.4, 0.5) is 0 Å². The number of allylic oxidation sites excluding steroid dienone is 1. The lowest BCUT2D eigenvalue weighted by atomic mass is 10.1. The van der Waals surface area contributed by atoms with E-state index in [9.17, 15) is 0 Å². The number of nitrogens with two attached hydrogens (primary N) is 1. The summed E-state index contributed by atoms with van der Waals surface area (Å²) in [6, 6.07) is 5.83. The first-order valence-electron chi connectivity index (χ1n) is 7.23. The van der Waals surface area contributed by atoms with Gasteiger partial charge in [0.2, 0.25) is 0 Å². The van der Waals surface area contributed by atoms with E-state index in [-0.39, 0.29) is 6.61 Å². The minimum absolute atomic E-state index is 0.197. The van der Waals surface area contributed by atoms with Crippen molar-refractivity contribution in [2.75, 3.05) is 46.6 Å². The molecule has 0 saturated carbocycles. The Kier molecular flexibility index (Phi) is 9.28. The van der Waals surface area contributed by atoms with Gasteiger partial charge < -0.3 is 24.6 Å². The van der Waals surface area contributed by atoms with E-state index in [1.54, 1.807) is 7.11 Å². The summed E-state index contributed by atoms with van der Waals surface area (Å²) in [6.45, 7) is 7.16. The lowest BCUT2D eigenvalue weighted by molar-refractivity contribution is -0.657. The monoisotopic (exact) mass is 296 g/mol. The number of quaternary nitrogens is 1. The van der Waals surface area contributed by atoms with Gasteiger partial charge in [-0.15, -0.1) is 6.58 Å². The topological polar surface area (TPSA) is 64.5 Å². The van der Waals surface area contributed by atoms with Gasteiger partial charge in [0.15, 0.2) is 11.5 Å². The maximum Gasteiger partial charge on any atom is 0.164 e. The van der Waals surface area contributed by atoms with Gasteiger partial charge in [0.1, 0.15) is 6.61 Å². The van der Waals surface area contributed by atoms with Crippen molar-refractivity contribution in [3.05, 3.63) is 36.4 Å². The summed E-state index contributed by atoms with van der Waals surface area (Å²) in [5.41, 5.74) is 1.06. The van der Waals surface area contributed by atoms with E-state index in [1.807, 2.05) is 29.6 Å². The normalized spacial score (nSPS) is 10.4. The summed E-state index contributed by atoms with van der Waals surface area (Å²) in [5.74, 6) is 1.49. The molecule has 1 aromatic rings. The van der Waals surface area contributed by atoms with E-state index in [0.717, 1.165) is 30.0 Å². The van der Waals surface area contributed by atoms with Crippen LogP contribution in [-0.2, 0) is 11.2 Å². The average molecular weight is 296 g/mol. The zero-order valence-electron chi connectivity index (χ0n) is 12.7. The Hall–Kier alpha value is -1.56. The predicted molar refractivity (Wildman–Crippen MR) is 82.0 cm³/mol. The highest BCUT2D eigenvalue weighted by atomic mass is 16.5. The molecule has 1 rings (SSSR count). The molecule has 0 saturated heterocycles. The van der Waals surface area contributed by atoms with E-state index in [4.69, 9.17) is 19.3 Å². The molecule has 0 unspecified atom stereocenters. The molecule has 21 heavy (non-hydrogen) atoms. The number of hydrogen-bond acceptors (Lipinski definition) is 4. The Morgan fingerprint density at radius 3 is 2.81 bits per heavy atom. The third kappa shape index (κ3) is 6.62. The Labute approximate surface area is 126 Å². The zero-order valence-corrected chi connectivity index (χ0v) is 12.7. The van der Waals surface area contributed by atoms with E-state index < -0.39 is 0 Å². The number of hydrogen-bond donors (Lipinski definition) is 2. The van der Waals surface area contributed by atoms with Crippen LogP contribution < -0.4 is 14.8 Å². The first-order chi connectivity index (χ1) is 10.3. The number of aliphatic hydroxyl groups is 1. The molecule has 5 nitrogen and oxygen atoms in total. The smallest absolute Gasteiger partial charge is 0.164 e. The second kappa shape index (κ2) is 11.1. The Morgan fingerprint density at radius 1 is 1.24 bits per heavy atom. The van der Waals surface area contributed by atoms with E-state index in [0.29, 0.717) is 26.4 Å². The highest BCUT2D eigenvalue weighted by Gasteiger charge is 2.09. The summed E-state index contributed by atoms with van der Waals surface area (Å²) < 4.78 is 16.6. The molecular weight excluding hydrogens is 270 g/mol. The van der Waals surface area contributed by atoms with E-state index in [2.05, 4.69) is 6.58 Å². The highest BCUT2D eigenvalue weighted by Crippen LogP contribution is 2.31. The molecule has 0 fully saturated rings. The first-order valence-corrected chi connectivity index (χ1v) is 7.23. The second-order valence-corrected chi connectivity index (χ2v) is 4.49. The molecule has 0 bridgehead atoms. The summed E-state index contributed by atoms with van der Waals surface area (Å²) in [6.07, 6.45) is 2.58. The molecular formula is C16H26NO4+. The standard InChI is InChI=1S/C16H25NO4/c1-3-5-14-6-4-7-15(19-2)16(14)21-13-12-20-11-9-17-8-10-18/h3-4,6-7,17-18H,1,5,8-13H2,2H3/p+1. The van der Waals surface area contributed by atoms with Crippen molar-refractivity contribution in [2.24, 2.45) is 0 Å². The Bertz CT molecular complexity index is 409. The Balaban J connectivity index is 2.35. The molecule has 118 valence electrons. The number of rotatable bonds is 12. The van der Waals surface area contributed by atoms with Crippen LogP contribution in [0.5, 0.6) is 11.5 Å². The minimum atomic E-state index is 0.197. The van der Waals surface area contributed by atoms with Crippen LogP contribution in [0.3, 0.4) is 0 Å². The van der Waals surface area contributed by atoms with Crippen molar-refractivity contribution in [1.82, 2.24) is 0 Å². The largest absolute Gasteiger partial charge is 0.493 e. The molecule has 0 heterocycles. The molecule has 0 aliphatic carbocycles. The molecule has 3 N–H and O–H groups in total. The fraction of sp³-hybridized carbons (Fsp3) is 0.500. The van der Waals surface area contributed by atoms with Crippen molar-refractivity contribution < 1.29 is 24.6 Å². The van der Waals surface area contributed by atoms with Gasteiger partial charge in [-0.05, 0) is 12.5 Å². The van der Waals surface area contributed by atoms with Crippen molar-refractivity contribution >= 4 is 0 Å². The number of aliphatic hydroxyl groups excluding tert-OH is 1. The van der Waals surface area contributed by atoms with Gasteiger partial charge >= 0.3 is 0 Å². The molecule has 0 radical (unpaired) electrons. The van der Waals surface area contributed by atoms with Crippen molar-refractivity contribution in [3.63, 3.8) is 0 Å². The average Bonchev–Trinajstić information content (AvgIpc) is 2.51. The molecule has 5 heteroatoms. The van der Waals surface area contributed by atoms with Gasteiger partial charge in [0, 0.05) is 5.56 Å². The predicted octanol–water partition coefficient (Wildman–Crippen LogP) is 0.375. The lowest BCUT2D eigenvalue weighted by Crippen LogP contribution is -2.86. The summed E-state index contributed by atoms with van der Waals surface area (Å²) in [5, 5.41) is 10.7. The van der Waals surface area contributed by atoms with Gasteiger partial charge in [0.05, 0.1) is 40.0 Å². The molecule has 0 spiro atoms. The molecule has 0 aliphatic heterocycles. The van der Waals surface area contributed by atoms with Crippen LogP contribution in [0, 0.1) is 0 Å². The van der Waals surface area contributed by atoms with E-state index >= 15 is 0 Å². The highest BCUT2D eigenvalue weighted by molar-refractivity contribution is 5.47. The van der Waals surface area contributed by atoms with Crippen molar-refractivity contribution in [2.45, 2.75) is 6.42 Å². The quantitative estimate of drug-likeness (QED) is 0.432. The van der Waals surface area contributed by atoms with Gasteiger partial charge in [-0.2, -0.15) is 0 Å². The number of ether oxygens (including phenoxy) is 3. The number of benzene rings is 1. The molecule has 0 amide bonds. The van der Waals surface area contributed by atoms with Gasteiger partial charge in [-0.25, -0.2) is 0 Å². The second-order valence-electron chi connectivity index (χ2n) is 4.49. The van der Waals surface area contributed by atoms with Crippen LogP contribution in [0.1, 0.15) is 5.56 Å². The molecule has 1 aromatic carbocycles. The fourth-order valence-corrected chi connectivity index (χ4v) is 1.91. The molecule has 0 atom stereocenters. The maximum atomic E-state index is 8.64. The van der Waals surface area contributed by atoms with Crippen LogP contribution in [0.15, 0.2) is 30.9 Å². The maximum absolute atomic E-state index is 8.64. The third-order valence-corrected chi connectivity index (χ3v) is 2.92.